The first-order valence-corrected chi connectivity index (χ1v) is 9.51. The van der Waals surface area contributed by atoms with Crippen molar-refractivity contribution >= 4 is 5.57 Å². The summed E-state index contributed by atoms with van der Waals surface area (Å²) in [6.45, 7) is 14.0. The third kappa shape index (κ3) is 3.26. The summed E-state index contributed by atoms with van der Waals surface area (Å²) in [5.74, 6) is 1.75. The van der Waals surface area contributed by atoms with Crippen molar-refractivity contribution in [2.45, 2.75) is 90.6 Å². The second-order valence-corrected chi connectivity index (χ2v) is 8.48. The molecule has 0 spiro atoms. The normalized spacial score (nSPS) is 24.0. The average molecular weight is 312 g/mol. The Labute approximate surface area is 142 Å². The van der Waals surface area contributed by atoms with Gasteiger partial charge in [0.2, 0.25) is 0 Å². The van der Waals surface area contributed by atoms with Gasteiger partial charge in [-0.3, -0.25) is 0 Å². The van der Waals surface area contributed by atoms with E-state index in [-0.39, 0.29) is 0 Å². The lowest BCUT2D eigenvalue weighted by atomic mass is 9.79. The SMILES string of the molecule is CC(C)c1cc(C(C)C)c(C2=CC3CCC(C2)N3)c(C(C)C)c1. The molecule has 2 aliphatic heterocycles. The Morgan fingerprint density at radius 2 is 1.48 bits per heavy atom. The molecular formula is C22H33N. The number of fused-ring (bicyclic) bond motifs is 2. The van der Waals surface area contributed by atoms with Crippen molar-refractivity contribution in [2.75, 3.05) is 0 Å². The maximum absolute atomic E-state index is 3.74. The molecule has 0 radical (unpaired) electrons. The van der Waals surface area contributed by atoms with E-state index in [4.69, 9.17) is 0 Å². The lowest BCUT2D eigenvalue weighted by molar-refractivity contribution is 0.574. The molecule has 3 rings (SSSR count). The molecular weight excluding hydrogens is 278 g/mol. The van der Waals surface area contributed by atoms with Gasteiger partial charge in [-0.05, 0) is 64.8 Å². The highest BCUT2D eigenvalue weighted by Gasteiger charge is 2.30. The van der Waals surface area contributed by atoms with Crippen molar-refractivity contribution in [3.8, 4) is 0 Å². The zero-order valence-electron chi connectivity index (χ0n) is 15.7. The maximum atomic E-state index is 3.74. The molecule has 0 amide bonds. The van der Waals surface area contributed by atoms with E-state index in [0.717, 1.165) is 0 Å². The fourth-order valence-corrected chi connectivity index (χ4v) is 4.23. The monoisotopic (exact) mass is 311 g/mol. The fraction of sp³-hybridized carbons (Fsp3) is 0.636. The molecule has 126 valence electrons. The van der Waals surface area contributed by atoms with Gasteiger partial charge in [-0.1, -0.05) is 59.8 Å². The topological polar surface area (TPSA) is 12.0 Å². The number of benzene rings is 1. The molecule has 1 aromatic carbocycles. The fourth-order valence-electron chi connectivity index (χ4n) is 4.23. The molecule has 1 saturated heterocycles. The lowest BCUT2D eigenvalue weighted by Gasteiger charge is -2.28. The van der Waals surface area contributed by atoms with Crippen molar-refractivity contribution in [2.24, 2.45) is 0 Å². The van der Waals surface area contributed by atoms with Crippen LogP contribution in [0.1, 0.15) is 101 Å². The molecule has 2 heterocycles. The molecule has 2 bridgehead atoms. The Kier molecular flexibility index (Phi) is 4.69. The summed E-state index contributed by atoms with van der Waals surface area (Å²) in [6, 6.07) is 6.28. The Bertz CT molecular complexity index is 577. The van der Waals surface area contributed by atoms with E-state index in [0.29, 0.717) is 29.8 Å². The smallest absolute Gasteiger partial charge is 0.0259 e. The molecule has 1 aromatic rings. The van der Waals surface area contributed by atoms with Gasteiger partial charge in [0.1, 0.15) is 0 Å². The lowest BCUT2D eigenvalue weighted by Crippen LogP contribution is -2.32. The van der Waals surface area contributed by atoms with Crippen molar-refractivity contribution < 1.29 is 0 Å². The van der Waals surface area contributed by atoms with Gasteiger partial charge in [0, 0.05) is 12.1 Å². The summed E-state index contributed by atoms with van der Waals surface area (Å²) in [7, 11) is 0. The largest absolute Gasteiger partial charge is 0.307 e. The van der Waals surface area contributed by atoms with Crippen LogP contribution in [0.25, 0.3) is 5.57 Å². The first kappa shape index (κ1) is 16.8. The third-order valence-electron chi connectivity index (χ3n) is 5.60. The summed E-state index contributed by atoms with van der Waals surface area (Å²) in [4.78, 5) is 0. The van der Waals surface area contributed by atoms with Crippen LogP contribution in [-0.2, 0) is 0 Å². The van der Waals surface area contributed by atoms with Crippen molar-refractivity contribution in [3.05, 3.63) is 40.5 Å². The van der Waals surface area contributed by atoms with Gasteiger partial charge in [-0.15, -0.1) is 0 Å². The molecule has 0 saturated carbocycles. The van der Waals surface area contributed by atoms with E-state index in [2.05, 4.69) is 65.1 Å². The summed E-state index contributed by atoms with van der Waals surface area (Å²) in [5, 5.41) is 3.74. The predicted octanol–water partition coefficient (Wildman–Crippen LogP) is 5.96. The molecule has 1 fully saturated rings. The summed E-state index contributed by atoms with van der Waals surface area (Å²) in [5.41, 5.74) is 7.82. The Hall–Kier alpha value is -1.08. The van der Waals surface area contributed by atoms with Gasteiger partial charge in [-0.2, -0.15) is 0 Å². The van der Waals surface area contributed by atoms with Crippen LogP contribution >= 0.6 is 0 Å². The predicted molar refractivity (Wildman–Crippen MR) is 101 cm³/mol. The average Bonchev–Trinajstić information content (AvgIpc) is 2.83. The van der Waals surface area contributed by atoms with E-state index in [9.17, 15) is 0 Å². The van der Waals surface area contributed by atoms with Crippen LogP contribution in [0.3, 0.4) is 0 Å². The van der Waals surface area contributed by atoms with Gasteiger partial charge in [-0.25, -0.2) is 0 Å². The Balaban J connectivity index is 2.17. The minimum absolute atomic E-state index is 0.578. The molecule has 0 aromatic heterocycles. The highest BCUT2D eigenvalue weighted by Crippen LogP contribution is 2.40. The molecule has 1 nitrogen and oxygen atoms in total. The number of nitrogens with one attached hydrogen (secondary N) is 1. The van der Waals surface area contributed by atoms with Gasteiger partial charge in [0.15, 0.2) is 0 Å². The van der Waals surface area contributed by atoms with Crippen LogP contribution in [0.15, 0.2) is 18.2 Å². The van der Waals surface area contributed by atoms with Crippen molar-refractivity contribution in [1.29, 1.82) is 0 Å². The minimum Gasteiger partial charge on any atom is -0.307 e. The van der Waals surface area contributed by atoms with Crippen molar-refractivity contribution in [1.82, 2.24) is 5.32 Å². The molecule has 2 atom stereocenters. The summed E-state index contributed by atoms with van der Waals surface area (Å²) < 4.78 is 0. The maximum Gasteiger partial charge on any atom is 0.0259 e. The second-order valence-electron chi connectivity index (χ2n) is 8.48. The van der Waals surface area contributed by atoms with Crippen LogP contribution in [-0.4, -0.2) is 12.1 Å². The third-order valence-corrected chi connectivity index (χ3v) is 5.60. The molecule has 1 heteroatoms. The number of hydrogen-bond acceptors (Lipinski definition) is 1. The standard InChI is InChI=1S/C22H33N/c1-13(2)16-11-20(14(3)4)22(21(12-16)15(5)6)17-9-18-7-8-19(10-17)23-18/h9,11-15,18-19,23H,7-8,10H2,1-6H3. The highest BCUT2D eigenvalue weighted by molar-refractivity contribution is 5.74. The molecule has 23 heavy (non-hydrogen) atoms. The van der Waals surface area contributed by atoms with E-state index in [1.807, 2.05) is 0 Å². The van der Waals surface area contributed by atoms with Gasteiger partial charge < -0.3 is 5.32 Å². The second kappa shape index (κ2) is 6.43. The number of rotatable bonds is 4. The van der Waals surface area contributed by atoms with Gasteiger partial charge in [0.05, 0.1) is 0 Å². The van der Waals surface area contributed by atoms with Crippen LogP contribution in [0, 0.1) is 0 Å². The van der Waals surface area contributed by atoms with E-state index in [1.54, 1.807) is 22.3 Å². The van der Waals surface area contributed by atoms with E-state index >= 15 is 0 Å². The first-order valence-electron chi connectivity index (χ1n) is 9.51. The highest BCUT2D eigenvalue weighted by atomic mass is 15.0. The van der Waals surface area contributed by atoms with Gasteiger partial charge >= 0.3 is 0 Å². The van der Waals surface area contributed by atoms with Gasteiger partial charge in [0.25, 0.3) is 0 Å². The molecule has 2 aliphatic rings. The van der Waals surface area contributed by atoms with Crippen LogP contribution in [0.2, 0.25) is 0 Å². The van der Waals surface area contributed by atoms with Crippen LogP contribution in [0.4, 0.5) is 0 Å². The van der Waals surface area contributed by atoms with E-state index in [1.165, 1.54) is 24.8 Å². The zero-order chi connectivity index (χ0) is 16.7. The molecule has 0 aliphatic carbocycles. The summed E-state index contributed by atoms with van der Waals surface area (Å²) in [6.07, 6.45) is 6.39. The minimum atomic E-state index is 0.578. The zero-order valence-corrected chi connectivity index (χ0v) is 15.7. The van der Waals surface area contributed by atoms with E-state index < -0.39 is 0 Å². The molecule has 1 N–H and O–H groups in total. The molecule has 2 unspecified atom stereocenters. The summed E-state index contributed by atoms with van der Waals surface area (Å²) >= 11 is 0. The van der Waals surface area contributed by atoms with Crippen molar-refractivity contribution in [3.63, 3.8) is 0 Å². The first-order chi connectivity index (χ1) is 10.9. The Morgan fingerprint density at radius 3 is 1.96 bits per heavy atom. The van der Waals surface area contributed by atoms with Crippen LogP contribution in [0.5, 0.6) is 0 Å². The Morgan fingerprint density at radius 1 is 0.870 bits per heavy atom. The van der Waals surface area contributed by atoms with Crippen LogP contribution < -0.4 is 5.32 Å². The quantitative estimate of drug-likeness (QED) is 0.723. The number of hydrogen-bond donors (Lipinski definition) is 1.